The van der Waals surface area contributed by atoms with Gasteiger partial charge in [-0.25, -0.2) is 15.0 Å². The van der Waals surface area contributed by atoms with Crippen molar-refractivity contribution in [1.82, 2.24) is 25.2 Å². The van der Waals surface area contributed by atoms with Gasteiger partial charge in [-0.2, -0.15) is 0 Å². The van der Waals surface area contributed by atoms with Crippen molar-refractivity contribution in [2.24, 2.45) is 5.92 Å². The summed E-state index contributed by atoms with van der Waals surface area (Å²) in [7, 11) is 0. The van der Waals surface area contributed by atoms with Gasteiger partial charge < -0.3 is 19.6 Å². The maximum absolute atomic E-state index is 12.6. The van der Waals surface area contributed by atoms with Crippen molar-refractivity contribution >= 4 is 5.91 Å². The molecule has 9 heteroatoms. The van der Waals surface area contributed by atoms with Crippen LogP contribution >= 0.6 is 0 Å². The van der Waals surface area contributed by atoms with Gasteiger partial charge in [0.05, 0.1) is 11.8 Å². The molecule has 1 aromatic carbocycles. The Morgan fingerprint density at radius 2 is 2.14 bits per heavy atom. The number of β-amino-alcohol motifs (C(OH)–C–C–N with tert-alkyl or cyclic N) is 1. The third-order valence-corrected chi connectivity index (χ3v) is 7.13. The van der Waals surface area contributed by atoms with Gasteiger partial charge in [0.1, 0.15) is 24.4 Å². The van der Waals surface area contributed by atoms with Crippen LogP contribution in [0.1, 0.15) is 58.0 Å². The number of nitrogens with zero attached hydrogens (tertiary/aromatic N) is 4. The maximum atomic E-state index is 12.6. The van der Waals surface area contributed by atoms with Crippen molar-refractivity contribution in [2.45, 2.75) is 58.3 Å². The molecule has 0 radical (unpaired) electrons. The van der Waals surface area contributed by atoms with Gasteiger partial charge in [0.2, 0.25) is 0 Å². The number of aryl methyl sites for hydroxylation is 1. The van der Waals surface area contributed by atoms with Gasteiger partial charge in [-0.3, -0.25) is 9.69 Å². The van der Waals surface area contributed by atoms with Gasteiger partial charge in [-0.05, 0) is 55.0 Å². The molecule has 0 unspecified atom stereocenters. The number of benzene rings is 1. The summed E-state index contributed by atoms with van der Waals surface area (Å²) < 4.78 is 11.2. The molecular weight excluding hydrogens is 458 g/mol. The third kappa shape index (κ3) is 6.09. The molecule has 3 heterocycles. The Morgan fingerprint density at radius 1 is 1.25 bits per heavy atom. The number of hydrogen-bond donors (Lipinski definition) is 2. The van der Waals surface area contributed by atoms with E-state index in [2.05, 4.69) is 37.3 Å². The quantitative estimate of drug-likeness (QED) is 0.445. The fourth-order valence-corrected chi connectivity index (χ4v) is 4.74. The van der Waals surface area contributed by atoms with Crippen LogP contribution in [0.5, 0.6) is 5.75 Å². The molecule has 0 bridgehead atoms. The Labute approximate surface area is 210 Å². The van der Waals surface area contributed by atoms with E-state index in [1.54, 1.807) is 6.07 Å². The summed E-state index contributed by atoms with van der Waals surface area (Å²) in [6.07, 6.45) is 7.74. The van der Waals surface area contributed by atoms with Crippen LogP contribution in [0.4, 0.5) is 0 Å². The van der Waals surface area contributed by atoms with E-state index in [0.717, 1.165) is 48.8 Å². The van der Waals surface area contributed by atoms with E-state index in [9.17, 15) is 9.90 Å². The standard InChI is InChI=1S/C27H33N5O4/c1-18-26(36-17-31-18)15-35-24-6-5-21-13-32(8-7-20(21)10-24)14-23(33)12-28-27(34)25-11-22(29-16-30-25)9-19-3-2-4-19/h5-6,10-11,16-17,19,23,33H,2-4,7-9,12-15H2,1H3,(H,28,34)/t23-/m0/s1. The number of aromatic nitrogens is 3. The molecule has 0 spiro atoms. The zero-order chi connectivity index (χ0) is 24.9. The Balaban J connectivity index is 1.07. The second kappa shape index (κ2) is 11.2. The first-order chi connectivity index (χ1) is 17.5. The summed E-state index contributed by atoms with van der Waals surface area (Å²) in [5, 5.41) is 13.4. The average Bonchev–Trinajstić information content (AvgIpc) is 3.28. The molecule has 2 N–H and O–H groups in total. The number of nitrogens with one attached hydrogen (secondary N) is 1. The second-order valence-corrected chi connectivity index (χ2v) is 9.82. The van der Waals surface area contributed by atoms with Crippen LogP contribution in [0.3, 0.4) is 0 Å². The van der Waals surface area contributed by atoms with Crippen LogP contribution in [0, 0.1) is 12.8 Å². The largest absolute Gasteiger partial charge is 0.486 e. The molecule has 1 aliphatic heterocycles. The lowest BCUT2D eigenvalue weighted by Crippen LogP contribution is -2.42. The van der Waals surface area contributed by atoms with E-state index < -0.39 is 6.10 Å². The molecule has 1 saturated carbocycles. The van der Waals surface area contributed by atoms with Crippen molar-refractivity contribution in [3.63, 3.8) is 0 Å². The topological polar surface area (TPSA) is 114 Å². The molecular formula is C27H33N5O4. The monoisotopic (exact) mass is 491 g/mol. The number of aliphatic hydroxyl groups excluding tert-OH is 1. The number of oxazole rings is 1. The number of rotatable bonds is 10. The third-order valence-electron chi connectivity index (χ3n) is 7.13. The van der Waals surface area contributed by atoms with Crippen molar-refractivity contribution < 1.29 is 19.1 Å². The fraction of sp³-hybridized carbons (Fsp3) is 0.481. The highest BCUT2D eigenvalue weighted by atomic mass is 16.5. The van der Waals surface area contributed by atoms with Crippen LogP contribution in [-0.4, -0.2) is 56.6 Å². The number of carbonyl (C=O) groups is 1. The van der Waals surface area contributed by atoms with Crippen molar-refractivity contribution in [2.75, 3.05) is 19.6 Å². The minimum atomic E-state index is -0.667. The Bertz CT molecular complexity index is 1190. The van der Waals surface area contributed by atoms with E-state index in [4.69, 9.17) is 9.15 Å². The predicted octanol–water partition coefficient (Wildman–Crippen LogP) is 2.84. The molecule has 0 saturated heterocycles. The molecule has 1 aliphatic carbocycles. The highest BCUT2D eigenvalue weighted by molar-refractivity contribution is 5.92. The normalized spacial score (nSPS) is 16.7. The second-order valence-electron chi connectivity index (χ2n) is 9.82. The molecule has 2 aliphatic rings. The van der Waals surface area contributed by atoms with Gasteiger partial charge in [-0.15, -0.1) is 0 Å². The Kier molecular flexibility index (Phi) is 7.58. The lowest BCUT2D eigenvalue weighted by atomic mass is 9.82. The Hall–Kier alpha value is -3.30. The molecule has 1 fully saturated rings. The lowest BCUT2D eigenvalue weighted by Gasteiger charge is -2.30. The van der Waals surface area contributed by atoms with Crippen LogP contribution < -0.4 is 10.1 Å². The van der Waals surface area contributed by atoms with Crippen LogP contribution in [-0.2, 0) is 26.0 Å². The van der Waals surface area contributed by atoms with Gasteiger partial charge in [-0.1, -0.05) is 25.3 Å². The van der Waals surface area contributed by atoms with Gasteiger partial charge >= 0.3 is 0 Å². The van der Waals surface area contributed by atoms with Gasteiger partial charge in [0, 0.05) is 31.9 Å². The average molecular weight is 492 g/mol. The van der Waals surface area contributed by atoms with E-state index in [1.165, 1.54) is 43.1 Å². The molecule has 1 amide bonds. The minimum Gasteiger partial charge on any atom is -0.486 e. The number of aliphatic hydroxyl groups is 1. The van der Waals surface area contributed by atoms with E-state index in [1.807, 2.05) is 13.0 Å². The van der Waals surface area contributed by atoms with Crippen LogP contribution in [0.15, 0.2) is 41.4 Å². The van der Waals surface area contributed by atoms with Crippen molar-refractivity contribution in [1.29, 1.82) is 0 Å². The van der Waals surface area contributed by atoms with Crippen LogP contribution in [0.2, 0.25) is 0 Å². The van der Waals surface area contributed by atoms with E-state index in [-0.39, 0.29) is 12.5 Å². The number of fused-ring (bicyclic) bond motifs is 1. The smallest absolute Gasteiger partial charge is 0.270 e. The number of hydrogen-bond acceptors (Lipinski definition) is 8. The zero-order valence-electron chi connectivity index (χ0n) is 20.7. The summed E-state index contributed by atoms with van der Waals surface area (Å²) in [5.41, 5.74) is 4.58. The van der Waals surface area contributed by atoms with Crippen molar-refractivity contribution in [3.05, 3.63) is 71.0 Å². The molecule has 9 nitrogen and oxygen atoms in total. The molecule has 3 aromatic rings. The maximum Gasteiger partial charge on any atom is 0.270 e. The lowest BCUT2D eigenvalue weighted by molar-refractivity contribution is 0.0837. The highest BCUT2D eigenvalue weighted by Gasteiger charge is 2.21. The summed E-state index contributed by atoms with van der Waals surface area (Å²) >= 11 is 0. The van der Waals surface area contributed by atoms with Crippen molar-refractivity contribution in [3.8, 4) is 5.75 Å². The molecule has 190 valence electrons. The predicted molar refractivity (Wildman–Crippen MR) is 132 cm³/mol. The summed E-state index contributed by atoms with van der Waals surface area (Å²) in [6.45, 7) is 4.49. The molecule has 1 atom stereocenters. The first-order valence-electron chi connectivity index (χ1n) is 12.7. The highest BCUT2D eigenvalue weighted by Crippen LogP contribution is 2.29. The molecule has 36 heavy (non-hydrogen) atoms. The molecule has 2 aromatic heterocycles. The van der Waals surface area contributed by atoms with Crippen LogP contribution in [0.25, 0.3) is 0 Å². The number of carbonyl (C=O) groups excluding carboxylic acids is 1. The minimum absolute atomic E-state index is 0.179. The Morgan fingerprint density at radius 3 is 2.92 bits per heavy atom. The summed E-state index contributed by atoms with van der Waals surface area (Å²) in [6, 6.07) is 7.89. The summed E-state index contributed by atoms with van der Waals surface area (Å²) in [4.78, 5) is 27.3. The fourth-order valence-electron chi connectivity index (χ4n) is 4.74. The number of ether oxygens (including phenoxy) is 1. The van der Waals surface area contributed by atoms with Gasteiger partial charge in [0.25, 0.3) is 5.91 Å². The van der Waals surface area contributed by atoms with E-state index in [0.29, 0.717) is 24.8 Å². The SMILES string of the molecule is Cc1ncoc1COc1ccc2c(c1)CCN(C[C@@H](O)CNC(=O)c1cc(CC3CCC3)ncn1)C2. The first kappa shape index (κ1) is 24.4. The van der Waals surface area contributed by atoms with Gasteiger partial charge in [0.15, 0.2) is 12.2 Å². The first-order valence-corrected chi connectivity index (χ1v) is 12.7. The molecule has 5 rings (SSSR count). The number of amides is 1. The zero-order valence-corrected chi connectivity index (χ0v) is 20.7. The van der Waals surface area contributed by atoms with E-state index >= 15 is 0 Å². The summed E-state index contributed by atoms with van der Waals surface area (Å²) in [5.74, 6) is 1.94.